The SMILES string of the molecule is CC[C@@H](C)c1ccc(NC(=O)CCCOc2ccc(C(C)=O)cc2)cc1. The predicted molar refractivity (Wildman–Crippen MR) is 105 cm³/mol. The minimum absolute atomic E-state index is 0.0168. The summed E-state index contributed by atoms with van der Waals surface area (Å²) in [5.41, 5.74) is 2.77. The van der Waals surface area contributed by atoms with Crippen molar-refractivity contribution in [2.24, 2.45) is 0 Å². The van der Waals surface area contributed by atoms with Gasteiger partial charge in [-0.25, -0.2) is 0 Å². The average molecular weight is 353 g/mol. The van der Waals surface area contributed by atoms with Crippen LogP contribution >= 0.6 is 0 Å². The summed E-state index contributed by atoms with van der Waals surface area (Å²) in [6.07, 6.45) is 2.13. The molecule has 0 aliphatic rings. The number of benzene rings is 2. The lowest BCUT2D eigenvalue weighted by atomic mass is 9.99. The van der Waals surface area contributed by atoms with E-state index in [1.165, 1.54) is 12.5 Å². The third-order valence-corrected chi connectivity index (χ3v) is 4.45. The van der Waals surface area contributed by atoms with Crippen molar-refractivity contribution in [3.8, 4) is 5.75 Å². The van der Waals surface area contributed by atoms with Crippen molar-refractivity contribution in [3.05, 3.63) is 59.7 Å². The van der Waals surface area contributed by atoms with Crippen LogP contribution in [-0.2, 0) is 4.79 Å². The van der Waals surface area contributed by atoms with Gasteiger partial charge in [-0.15, -0.1) is 0 Å². The first-order chi connectivity index (χ1) is 12.5. The summed E-state index contributed by atoms with van der Waals surface area (Å²) in [5, 5.41) is 2.91. The second-order valence-electron chi connectivity index (χ2n) is 6.51. The van der Waals surface area contributed by atoms with Gasteiger partial charge in [0.15, 0.2) is 5.78 Å². The van der Waals surface area contributed by atoms with E-state index in [1.807, 2.05) is 12.1 Å². The molecule has 1 amide bonds. The first-order valence-electron chi connectivity index (χ1n) is 9.13. The molecule has 4 nitrogen and oxygen atoms in total. The van der Waals surface area contributed by atoms with E-state index in [9.17, 15) is 9.59 Å². The topological polar surface area (TPSA) is 55.4 Å². The fourth-order valence-corrected chi connectivity index (χ4v) is 2.56. The van der Waals surface area contributed by atoms with Crippen LogP contribution in [0.4, 0.5) is 5.69 Å². The third-order valence-electron chi connectivity index (χ3n) is 4.45. The van der Waals surface area contributed by atoms with Crippen molar-refractivity contribution in [2.75, 3.05) is 11.9 Å². The van der Waals surface area contributed by atoms with E-state index in [2.05, 4.69) is 31.3 Å². The Hall–Kier alpha value is -2.62. The maximum Gasteiger partial charge on any atom is 0.224 e. The second kappa shape index (κ2) is 9.76. The Bertz CT molecular complexity index is 720. The quantitative estimate of drug-likeness (QED) is 0.498. The second-order valence-corrected chi connectivity index (χ2v) is 6.51. The molecule has 26 heavy (non-hydrogen) atoms. The van der Waals surface area contributed by atoms with Crippen LogP contribution in [0, 0.1) is 0 Å². The van der Waals surface area contributed by atoms with Crippen LogP contribution in [0.15, 0.2) is 48.5 Å². The zero-order valence-corrected chi connectivity index (χ0v) is 15.7. The molecule has 0 saturated carbocycles. The van der Waals surface area contributed by atoms with Crippen molar-refractivity contribution in [1.82, 2.24) is 0 Å². The molecule has 1 atom stereocenters. The highest BCUT2D eigenvalue weighted by molar-refractivity contribution is 5.94. The zero-order chi connectivity index (χ0) is 18.9. The van der Waals surface area contributed by atoms with Crippen LogP contribution in [0.1, 0.15) is 61.9 Å². The summed E-state index contributed by atoms with van der Waals surface area (Å²) in [6, 6.07) is 15.1. The van der Waals surface area contributed by atoms with Gasteiger partial charge in [0.1, 0.15) is 5.75 Å². The highest BCUT2D eigenvalue weighted by Crippen LogP contribution is 2.20. The lowest BCUT2D eigenvalue weighted by Gasteiger charge is -2.11. The van der Waals surface area contributed by atoms with Crippen molar-refractivity contribution < 1.29 is 14.3 Å². The first-order valence-corrected chi connectivity index (χ1v) is 9.13. The van der Waals surface area contributed by atoms with Gasteiger partial charge >= 0.3 is 0 Å². The number of ether oxygens (including phenoxy) is 1. The van der Waals surface area contributed by atoms with E-state index in [0.29, 0.717) is 36.7 Å². The number of hydrogen-bond donors (Lipinski definition) is 1. The minimum atomic E-state index is -0.0168. The van der Waals surface area contributed by atoms with Crippen molar-refractivity contribution in [2.45, 2.75) is 46.0 Å². The number of carbonyl (C=O) groups excluding carboxylic acids is 2. The van der Waals surface area contributed by atoms with Gasteiger partial charge in [-0.1, -0.05) is 26.0 Å². The number of amides is 1. The molecule has 0 unspecified atom stereocenters. The Morgan fingerprint density at radius 1 is 1.04 bits per heavy atom. The average Bonchev–Trinajstić information content (AvgIpc) is 2.65. The summed E-state index contributed by atoms with van der Waals surface area (Å²) in [7, 11) is 0. The molecule has 0 heterocycles. The van der Waals surface area contributed by atoms with Gasteiger partial charge in [0.25, 0.3) is 0 Å². The monoisotopic (exact) mass is 353 g/mol. The normalized spacial score (nSPS) is 11.7. The molecular formula is C22H27NO3. The standard InChI is InChI=1S/C22H27NO3/c1-4-16(2)18-7-11-20(12-8-18)23-22(25)6-5-15-26-21-13-9-19(10-14-21)17(3)24/h7-14,16H,4-6,15H2,1-3H3,(H,23,25)/t16-/m1/s1. The summed E-state index contributed by atoms with van der Waals surface area (Å²) in [5.74, 6) is 1.25. The lowest BCUT2D eigenvalue weighted by molar-refractivity contribution is -0.116. The highest BCUT2D eigenvalue weighted by Gasteiger charge is 2.06. The number of carbonyl (C=O) groups is 2. The minimum Gasteiger partial charge on any atom is -0.494 e. The maximum atomic E-state index is 12.0. The molecule has 138 valence electrons. The summed E-state index contributed by atoms with van der Waals surface area (Å²) < 4.78 is 5.60. The van der Waals surface area contributed by atoms with Gasteiger partial charge < -0.3 is 10.1 Å². The molecule has 0 aliphatic heterocycles. The van der Waals surface area contributed by atoms with Crippen LogP contribution in [0.25, 0.3) is 0 Å². The largest absolute Gasteiger partial charge is 0.494 e. The van der Waals surface area contributed by atoms with Crippen molar-refractivity contribution >= 4 is 17.4 Å². The van der Waals surface area contributed by atoms with Gasteiger partial charge in [-0.05, 0) is 67.6 Å². The molecule has 2 aromatic rings. The van der Waals surface area contributed by atoms with E-state index < -0.39 is 0 Å². The molecule has 0 aliphatic carbocycles. The number of anilines is 1. The smallest absolute Gasteiger partial charge is 0.224 e. The van der Waals surface area contributed by atoms with Gasteiger partial charge in [0, 0.05) is 17.7 Å². The Morgan fingerprint density at radius 2 is 1.69 bits per heavy atom. The molecular weight excluding hydrogens is 326 g/mol. The van der Waals surface area contributed by atoms with E-state index >= 15 is 0 Å². The van der Waals surface area contributed by atoms with E-state index in [1.54, 1.807) is 24.3 Å². The number of rotatable bonds is 9. The number of ketones is 1. The van der Waals surface area contributed by atoms with Crippen LogP contribution in [0.5, 0.6) is 5.75 Å². The number of hydrogen-bond acceptors (Lipinski definition) is 3. The van der Waals surface area contributed by atoms with Gasteiger partial charge in [0.2, 0.25) is 5.91 Å². The molecule has 0 fully saturated rings. The third kappa shape index (κ3) is 6.03. The molecule has 0 spiro atoms. The summed E-state index contributed by atoms with van der Waals surface area (Å²) >= 11 is 0. The highest BCUT2D eigenvalue weighted by atomic mass is 16.5. The van der Waals surface area contributed by atoms with Crippen molar-refractivity contribution in [1.29, 1.82) is 0 Å². The lowest BCUT2D eigenvalue weighted by Crippen LogP contribution is -2.12. The summed E-state index contributed by atoms with van der Waals surface area (Å²) in [6.45, 7) is 6.35. The molecule has 0 aromatic heterocycles. The Kier molecular flexibility index (Phi) is 7.39. The molecule has 0 saturated heterocycles. The van der Waals surface area contributed by atoms with Crippen molar-refractivity contribution in [3.63, 3.8) is 0 Å². The summed E-state index contributed by atoms with van der Waals surface area (Å²) in [4.78, 5) is 23.2. The molecule has 0 bridgehead atoms. The zero-order valence-electron chi connectivity index (χ0n) is 15.7. The van der Waals surface area contributed by atoms with E-state index in [-0.39, 0.29) is 11.7 Å². The Labute approximate surface area is 155 Å². The molecule has 2 aromatic carbocycles. The van der Waals surface area contributed by atoms with Crippen LogP contribution in [-0.4, -0.2) is 18.3 Å². The molecule has 4 heteroatoms. The number of nitrogens with one attached hydrogen (secondary N) is 1. The Morgan fingerprint density at radius 3 is 2.27 bits per heavy atom. The van der Waals surface area contributed by atoms with Crippen LogP contribution in [0.2, 0.25) is 0 Å². The fraction of sp³-hybridized carbons (Fsp3) is 0.364. The Balaban J connectivity index is 1.71. The molecule has 0 radical (unpaired) electrons. The molecule has 2 rings (SSSR count). The fourth-order valence-electron chi connectivity index (χ4n) is 2.56. The maximum absolute atomic E-state index is 12.0. The predicted octanol–water partition coefficient (Wildman–Crippen LogP) is 5.20. The van der Waals surface area contributed by atoms with Crippen LogP contribution < -0.4 is 10.1 Å². The molecule has 1 N–H and O–H groups in total. The van der Waals surface area contributed by atoms with E-state index in [4.69, 9.17) is 4.74 Å². The van der Waals surface area contributed by atoms with Gasteiger partial charge in [-0.2, -0.15) is 0 Å². The van der Waals surface area contributed by atoms with E-state index in [0.717, 1.165) is 12.1 Å². The van der Waals surface area contributed by atoms with Crippen LogP contribution in [0.3, 0.4) is 0 Å². The van der Waals surface area contributed by atoms with Gasteiger partial charge in [-0.3, -0.25) is 9.59 Å². The van der Waals surface area contributed by atoms with Gasteiger partial charge in [0.05, 0.1) is 6.61 Å². The first kappa shape index (κ1) is 19.7. The number of Topliss-reactive ketones (excluding diaryl/α,β-unsaturated/α-hetero) is 1.